The molecule has 0 unspecified atom stereocenters. The Labute approximate surface area is 154 Å². The van der Waals surface area contributed by atoms with Crippen LogP contribution in [0, 0.1) is 29.0 Å². The molecule has 0 atom stereocenters. The summed E-state index contributed by atoms with van der Waals surface area (Å²) in [6, 6.07) is 14.6. The van der Waals surface area contributed by atoms with E-state index in [4.69, 9.17) is 14.7 Å². The van der Waals surface area contributed by atoms with Crippen LogP contribution in [-0.4, -0.2) is 13.7 Å². The number of methoxy groups -OCH3 is 1. The van der Waals surface area contributed by atoms with Crippen LogP contribution in [0.3, 0.4) is 0 Å². The number of halogens is 1. The second-order valence-electron chi connectivity index (χ2n) is 6.94. The number of benzene rings is 2. The van der Waals surface area contributed by atoms with Crippen LogP contribution in [0.5, 0.6) is 11.5 Å². The normalized spacial score (nSPS) is 19.6. The molecule has 0 saturated heterocycles. The highest BCUT2D eigenvalue weighted by Crippen LogP contribution is 2.33. The molecule has 3 nitrogen and oxygen atoms in total. The van der Waals surface area contributed by atoms with E-state index in [1.807, 2.05) is 18.2 Å². The van der Waals surface area contributed by atoms with E-state index in [0.717, 1.165) is 37.9 Å². The number of hydrogen-bond acceptors (Lipinski definition) is 3. The van der Waals surface area contributed by atoms with Gasteiger partial charge in [0.25, 0.3) is 0 Å². The summed E-state index contributed by atoms with van der Waals surface area (Å²) in [5.41, 5.74) is 1.27. The van der Waals surface area contributed by atoms with Crippen molar-refractivity contribution < 1.29 is 13.9 Å². The topological polar surface area (TPSA) is 42.2 Å². The van der Waals surface area contributed by atoms with Crippen LogP contribution < -0.4 is 9.47 Å². The van der Waals surface area contributed by atoms with Crippen LogP contribution in [0.25, 0.3) is 0 Å². The number of hydrogen-bond donors (Lipinski definition) is 0. The Morgan fingerprint density at radius 2 is 1.69 bits per heavy atom. The first-order chi connectivity index (χ1) is 12.7. The molecule has 2 aromatic carbocycles. The summed E-state index contributed by atoms with van der Waals surface area (Å²) in [4.78, 5) is 0. The molecule has 0 bridgehead atoms. The second kappa shape index (κ2) is 8.71. The zero-order chi connectivity index (χ0) is 18.4. The Balaban J connectivity index is 1.50. The molecular formula is C22H24FNO2. The van der Waals surface area contributed by atoms with Crippen molar-refractivity contribution in [2.75, 3.05) is 13.7 Å². The Bertz CT molecular complexity index is 776. The van der Waals surface area contributed by atoms with E-state index < -0.39 is 5.82 Å². The molecule has 136 valence electrons. The number of ether oxygens (including phenoxy) is 2. The zero-order valence-electron chi connectivity index (χ0n) is 15.1. The van der Waals surface area contributed by atoms with E-state index in [9.17, 15) is 4.39 Å². The van der Waals surface area contributed by atoms with Crippen molar-refractivity contribution in [3.05, 3.63) is 59.4 Å². The van der Waals surface area contributed by atoms with Crippen molar-refractivity contribution >= 4 is 0 Å². The fraction of sp³-hybridized carbons (Fsp3) is 0.409. The predicted octanol–water partition coefficient (Wildman–Crippen LogP) is 5.13. The first kappa shape index (κ1) is 18.3. The van der Waals surface area contributed by atoms with Gasteiger partial charge in [-0.2, -0.15) is 5.26 Å². The Kier molecular flexibility index (Phi) is 6.12. The van der Waals surface area contributed by atoms with Crippen LogP contribution >= 0.6 is 0 Å². The lowest BCUT2D eigenvalue weighted by Gasteiger charge is -2.29. The van der Waals surface area contributed by atoms with Crippen LogP contribution in [-0.2, 0) is 6.42 Å². The third-order valence-electron chi connectivity index (χ3n) is 5.23. The molecule has 1 fully saturated rings. The van der Waals surface area contributed by atoms with Gasteiger partial charge in [0, 0.05) is 0 Å². The lowest BCUT2D eigenvalue weighted by Crippen LogP contribution is -2.21. The molecule has 4 heteroatoms. The van der Waals surface area contributed by atoms with Gasteiger partial charge >= 0.3 is 0 Å². The van der Waals surface area contributed by atoms with E-state index in [0.29, 0.717) is 24.2 Å². The molecule has 1 saturated carbocycles. The number of rotatable bonds is 6. The summed E-state index contributed by atoms with van der Waals surface area (Å²) in [5, 5.41) is 9.07. The summed E-state index contributed by atoms with van der Waals surface area (Å²) in [7, 11) is 1.72. The van der Waals surface area contributed by atoms with Gasteiger partial charge in [0.1, 0.15) is 28.9 Å². The van der Waals surface area contributed by atoms with E-state index >= 15 is 0 Å². The molecule has 0 spiro atoms. The van der Waals surface area contributed by atoms with Crippen molar-refractivity contribution in [2.45, 2.75) is 32.1 Å². The largest absolute Gasteiger partial charge is 0.496 e. The molecule has 0 aromatic heterocycles. The third-order valence-corrected chi connectivity index (χ3v) is 5.23. The monoisotopic (exact) mass is 353 g/mol. The number of nitriles is 1. The standard InChI is InChI=1S/C22H24FNO2/c1-25-21-7-3-2-5-18(21)13-16-9-11-17(12-10-16)15-26-22-8-4-6-20(23)19(22)14-24/h2-8,16-17H,9-13,15H2,1H3. The predicted molar refractivity (Wildman–Crippen MR) is 98.8 cm³/mol. The highest BCUT2D eigenvalue weighted by Gasteiger charge is 2.23. The minimum atomic E-state index is -0.523. The van der Waals surface area contributed by atoms with E-state index in [-0.39, 0.29) is 5.56 Å². The highest BCUT2D eigenvalue weighted by atomic mass is 19.1. The average molecular weight is 353 g/mol. The van der Waals surface area contributed by atoms with E-state index in [1.54, 1.807) is 19.2 Å². The average Bonchev–Trinajstić information content (AvgIpc) is 2.68. The molecule has 0 radical (unpaired) electrons. The zero-order valence-corrected chi connectivity index (χ0v) is 15.1. The Morgan fingerprint density at radius 3 is 2.42 bits per heavy atom. The second-order valence-corrected chi connectivity index (χ2v) is 6.94. The maximum Gasteiger partial charge on any atom is 0.144 e. The van der Waals surface area contributed by atoms with Gasteiger partial charge in [-0.25, -0.2) is 4.39 Å². The van der Waals surface area contributed by atoms with Crippen molar-refractivity contribution in [2.24, 2.45) is 11.8 Å². The van der Waals surface area contributed by atoms with Crippen molar-refractivity contribution in [1.29, 1.82) is 5.26 Å². The fourth-order valence-electron chi connectivity index (χ4n) is 3.73. The van der Waals surface area contributed by atoms with Crippen molar-refractivity contribution in [3.63, 3.8) is 0 Å². The van der Waals surface area contributed by atoms with Crippen LogP contribution in [0.1, 0.15) is 36.8 Å². The smallest absolute Gasteiger partial charge is 0.144 e. The number of para-hydroxylation sites is 1. The first-order valence-corrected chi connectivity index (χ1v) is 9.14. The van der Waals surface area contributed by atoms with E-state index in [2.05, 4.69) is 12.1 Å². The molecule has 0 heterocycles. The van der Waals surface area contributed by atoms with Crippen LogP contribution in [0.15, 0.2) is 42.5 Å². The minimum absolute atomic E-state index is 0.00245. The quantitative estimate of drug-likeness (QED) is 0.722. The molecule has 0 aliphatic heterocycles. The Morgan fingerprint density at radius 1 is 1.00 bits per heavy atom. The maximum atomic E-state index is 13.6. The maximum absolute atomic E-state index is 13.6. The Hall–Kier alpha value is -2.54. The van der Waals surface area contributed by atoms with Gasteiger partial charge in [0.2, 0.25) is 0 Å². The molecular weight excluding hydrogens is 329 g/mol. The first-order valence-electron chi connectivity index (χ1n) is 9.14. The summed E-state index contributed by atoms with van der Waals surface area (Å²) in [5.74, 6) is 1.91. The van der Waals surface area contributed by atoms with Gasteiger partial charge in [-0.1, -0.05) is 24.3 Å². The fourth-order valence-corrected chi connectivity index (χ4v) is 3.73. The lowest BCUT2D eigenvalue weighted by molar-refractivity contribution is 0.181. The molecule has 26 heavy (non-hydrogen) atoms. The minimum Gasteiger partial charge on any atom is -0.496 e. The van der Waals surface area contributed by atoms with Crippen molar-refractivity contribution in [1.82, 2.24) is 0 Å². The van der Waals surface area contributed by atoms with Crippen LogP contribution in [0.4, 0.5) is 4.39 Å². The molecule has 3 rings (SSSR count). The molecule has 2 aromatic rings. The summed E-state index contributed by atoms with van der Waals surface area (Å²) in [6.07, 6.45) is 5.54. The van der Waals surface area contributed by atoms with Gasteiger partial charge in [-0.05, 0) is 67.7 Å². The summed E-state index contributed by atoms with van der Waals surface area (Å²) in [6.45, 7) is 0.541. The van der Waals surface area contributed by atoms with Crippen molar-refractivity contribution in [3.8, 4) is 17.6 Å². The molecule has 0 amide bonds. The highest BCUT2D eigenvalue weighted by molar-refractivity contribution is 5.43. The van der Waals surface area contributed by atoms with Gasteiger partial charge in [0.05, 0.1) is 13.7 Å². The molecule has 1 aliphatic carbocycles. The van der Waals surface area contributed by atoms with Gasteiger partial charge in [-0.15, -0.1) is 0 Å². The number of nitrogens with zero attached hydrogens (tertiary/aromatic N) is 1. The van der Waals surface area contributed by atoms with Gasteiger partial charge < -0.3 is 9.47 Å². The lowest BCUT2D eigenvalue weighted by atomic mass is 9.79. The summed E-state index contributed by atoms with van der Waals surface area (Å²) < 4.78 is 24.8. The third kappa shape index (κ3) is 4.35. The van der Waals surface area contributed by atoms with Gasteiger partial charge in [0.15, 0.2) is 0 Å². The van der Waals surface area contributed by atoms with Gasteiger partial charge in [-0.3, -0.25) is 0 Å². The van der Waals surface area contributed by atoms with E-state index in [1.165, 1.54) is 11.6 Å². The molecule has 1 aliphatic rings. The van der Waals surface area contributed by atoms with Crippen LogP contribution in [0.2, 0.25) is 0 Å². The molecule has 0 N–H and O–H groups in total. The summed E-state index contributed by atoms with van der Waals surface area (Å²) >= 11 is 0. The SMILES string of the molecule is COc1ccccc1CC1CCC(COc2cccc(F)c2C#N)CC1.